The maximum Gasteiger partial charge on any atom is 0.270 e. The minimum Gasteiger partial charge on any atom is -0.464 e. The van der Waals surface area contributed by atoms with E-state index >= 15 is 0 Å². The molecule has 2 aliphatic rings. The first-order chi connectivity index (χ1) is 14.1. The summed E-state index contributed by atoms with van der Waals surface area (Å²) in [6.07, 6.45) is 1.35. The molecule has 4 rings (SSSR count). The molecule has 1 aliphatic heterocycles. The maximum absolute atomic E-state index is 13.3. The van der Waals surface area contributed by atoms with E-state index in [1.165, 1.54) is 17.0 Å². The van der Waals surface area contributed by atoms with Gasteiger partial charge >= 0.3 is 0 Å². The van der Waals surface area contributed by atoms with Crippen molar-refractivity contribution in [1.29, 1.82) is 0 Å². The van der Waals surface area contributed by atoms with Crippen molar-refractivity contribution in [2.75, 3.05) is 11.5 Å². The molecule has 8 nitrogen and oxygen atoms in total. The molecule has 2 fully saturated rings. The summed E-state index contributed by atoms with van der Waals surface area (Å²) in [6, 6.07) is 6.78. The molecule has 2 aromatic rings. The molecular formula is C20H21ClN2O6S. The third-order valence-electron chi connectivity index (χ3n) is 5.78. The summed E-state index contributed by atoms with van der Waals surface area (Å²) in [6.45, 7) is 2.20. The van der Waals surface area contributed by atoms with Gasteiger partial charge in [-0.1, -0.05) is 18.5 Å². The van der Waals surface area contributed by atoms with Crippen LogP contribution in [0.3, 0.4) is 0 Å². The summed E-state index contributed by atoms with van der Waals surface area (Å²) >= 11 is 6.16. The Morgan fingerprint density at radius 3 is 2.67 bits per heavy atom. The second-order valence-electron chi connectivity index (χ2n) is 8.03. The summed E-state index contributed by atoms with van der Waals surface area (Å²) < 4.78 is 30.0. The predicted octanol–water partition coefficient (Wildman–Crippen LogP) is 3.79. The standard InChI is InChI=1S/C20H21ClN2O6S/c1-12-8-16(12)19-5-3-15(29-19)10-22(14-6-7-30(27,28)11-14)20(24)17-9-13(23(25)26)2-4-18(17)21/h2-5,9,12,14,16H,6-8,10-11H2,1H3. The Kier molecular flexibility index (Phi) is 5.36. The average molecular weight is 453 g/mol. The zero-order valence-corrected chi connectivity index (χ0v) is 17.9. The highest BCUT2D eigenvalue weighted by Gasteiger charge is 2.38. The molecule has 1 saturated carbocycles. The van der Waals surface area contributed by atoms with Gasteiger partial charge in [0.1, 0.15) is 11.5 Å². The number of rotatable bonds is 6. The van der Waals surface area contributed by atoms with Crippen LogP contribution in [0.15, 0.2) is 34.7 Å². The fourth-order valence-corrected chi connectivity index (χ4v) is 5.83. The second-order valence-corrected chi connectivity index (χ2v) is 10.7. The molecule has 0 bridgehead atoms. The smallest absolute Gasteiger partial charge is 0.270 e. The van der Waals surface area contributed by atoms with Crippen LogP contribution < -0.4 is 0 Å². The zero-order chi connectivity index (χ0) is 21.6. The molecular weight excluding hydrogens is 432 g/mol. The number of hydrogen-bond acceptors (Lipinski definition) is 6. The Morgan fingerprint density at radius 1 is 1.33 bits per heavy atom. The van der Waals surface area contributed by atoms with E-state index in [1.807, 2.05) is 6.07 Å². The number of halogens is 1. The second kappa shape index (κ2) is 7.70. The first-order valence-electron chi connectivity index (χ1n) is 9.68. The molecule has 1 aromatic carbocycles. The van der Waals surface area contributed by atoms with E-state index < -0.39 is 26.7 Å². The van der Waals surface area contributed by atoms with Gasteiger partial charge in [0, 0.05) is 24.1 Å². The monoisotopic (exact) mass is 452 g/mol. The summed E-state index contributed by atoms with van der Waals surface area (Å²) in [7, 11) is -3.25. The van der Waals surface area contributed by atoms with Crippen LogP contribution in [0.2, 0.25) is 5.02 Å². The number of nitro benzene ring substituents is 1. The lowest BCUT2D eigenvalue weighted by atomic mass is 10.1. The fraction of sp³-hybridized carbons (Fsp3) is 0.450. The summed E-state index contributed by atoms with van der Waals surface area (Å²) in [5.74, 6) is 1.63. The first kappa shape index (κ1) is 20.9. The molecule has 1 aliphatic carbocycles. The normalized spacial score (nSPS) is 24.5. The van der Waals surface area contributed by atoms with Crippen molar-refractivity contribution < 1.29 is 22.6 Å². The summed E-state index contributed by atoms with van der Waals surface area (Å²) in [5.41, 5.74) is -0.289. The Morgan fingerprint density at radius 2 is 2.07 bits per heavy atom. The molecule has 30 heavy (non-hydrogen) atoms. The SMILES string of the molecule is CC1CC1c1ccc(CN(C(=O)c2cc([N+](=O)[O-])ccc2Cl)C2CCS(=O)(=O)C2)o1. The molecule has 1 saturated heterocycles. The highest BCUT2D eigenvalue weighted by Crippen LogP contribution is 2.47. The average Bonchev–Trinajstić information content (AvgIpc) is 3.08. The van der Waals surface area contributed by atoms with Gasteiger partial charge in [0.2, 0.25) is 0 Å². The van der Waals surface area contributed by atoms with Gasteiger partial charge in [-0.15, -0.1) is 0 Å². The highest BCUT2D eigenvalue weighted by atomic mass is 35.5. The molecule has 1 amide bonds. The third kappa shape index (κ3) is 4.22. The third-order valence-corrected chi connectivity index (χ3v) is 7.86. The van der Waals surface area contributed by atoms with Crippen molar-refractivity contribution in [1.82, 2.24) is 4.90 Å². The number of non-ortho nitro benzene ring substituents is 1. The van der Waals surface area contributed by atoms with Crippen LogP contribution in [-0.4, -0.2) is 41.7 Å². The molecule has 0 radical (unpaired) electrons. The quantitative estimate of drug-likeness (QED) is 0.487. The molecule has 2 heterocycles. The Labute approximate surface area is 178 Å². The number of nitrogens with zero attached hydrogens (tertiary/aromatic N) is 2. The van der Waals surface area contributed by atoms with Crippen LogP contribution in [0.25, 0.3) is 0 Å². The molecule has 10 heteroatoms. The molecule has 3 atom stereocenters. The van der Waals surface area contributed by atoms with Crippen LogP contribution in [0.1, 0.15) is 47.6 Å². The van der Waals surface area contributed by atoms with Crippen LogP contribution in [0.4, 0.5) is 5.69 Å². The van der Waals surface area contributed by atoms with Crippen molar-refractivity contribution in [3.05, 3.63) is 62.6 Å². The van der Waals surface area contributed by atoms with Gasteiger partial charge < -0.3 is 9.32 Å². The minimum absolute atomic E-state index is 0.00684. The van der Waals surface area contributed by atoms with E-state index in [9.17, 15) is 23.3 Å². The van der Waals surface area contributed by atoms with E-state index in [2.05, 4.69) is 6.92 Å². The van der Waals surface area contributed by atoms with Crippen molar-refractivity contribution in [3.8, 4) is 0 Å². The van der Waals surface area contributed by atoms with Gasteiger partial charge in [-0.25, -0.2) is 8.42 Å². The molecule has 1 aromatic heterocycles. The number of amides is 1. The number of carbonyl (C=O) groups is 1. The number of benzene rings is 1. The Balaban J connectivity index is 1.65. The van der Waals surface area contributed by atoms with E-state index in [1.54, 1.807) is 6.07 Å². The molecule has 3 unspecified atom stereocenters. The molecule has 0 N–H and O–H groups in total. The lowest BCUT2D eigenvalue weighted by molar-refractivity contribution is -0.384. The van der Waals surface area contributed by atoms with Crippen molar-refractivity contribution >= 4 is 33.0 Å². The van der Waals surface area contributed by atoms with Gasteiger partial charge in [-0.2, -0.15) is 0 Å². The summed E-state index contributed by atoms with van der Waals surface area (Å²) in [4.78, 5) is 25.3. The maximum atomic E-state index is 13.3. The highest BCUT2D eigenvalue weighted by molar-refractivity contribution is 7.91. The van der Waals surface area contributed by atoms with E-state index in [4.69, 9.17) is 16.0 Å². The number of sulfone groups is 1. The van der Waals surface area contributed by atoms with Crippen molar-refractivity contribution in [3.63, 3.8) is 0 Å². The van der Waals surface area contributed by atoms with Crippen LogP contribution in [0.5, 0.6) is 0 Å². The zero-order valence-electron chi connectivity index (χ0n) is 16.3. The molecule has 0 spiro atoms. The van der Waals surface area contributed by atoms with Crippen LogP contribution >= 0.6 is 11.6 Å². The van der Waals surface area contributed by atoms with Crippen LogP contribution in [-0.2, 0) is 16.4 Å². The van der Waals surface area contributed by atoms with Gasteiger partial charge in [0.15, 0.2) is 9.84 Å². The number of carbonyl (C=O) groups excluding carboxylic acids is 1. The van der Waals surface area contributed by atoms with E-state index in [0.29, 0.717) is 24.0 Å². The van der Waals surface area contributed by atoms with E-state index in [0.717, 1.165) is 18.2 Å². The topological polar surface area (TPSA) is 111 Å². The predicted molar refractivity (Wildman–Crippen MR) is 110 cm³/mol. The lowest BCUT2D eigenvalue weighted by Gasteiger charge is -2.28. The minimum atomic E-state index is -3.25. The molecule has 160 valence electrons. The van der Waals surface area contributed by atoms with Crippen molar-refractivity contribution in [2.45, 2.75) is 38.3 Å². The number of furan rings is 1. The van der Waals surface area contributed by atoms with Crippen LogP contribution in [0, 0.1) is 16.0 Å². The fourth-order valence-electron chi connectivity index (χ4n) is 3.90. The summed E-state index contributed by atoms with van der Waals surface area (Å²) in [5, 5.41) is 11.2. The van der Waals surface area contributed by atoms with Crippen molar-refractivity contribution in [2.24, 2.45) is 5.92 Å². The van der Waals surface area contributed by atoms with Gasteiger partial charge in [0.05, 0.1) is 33.6 Å². The largest absolute Gasteiger partial charge is 0.464 e. The first-order valence-corrected chi connectivity index (χ1v) is 11.9. The van der Waals surface area contributed by atoms with Gasteiger partial charge in [-0.05, 0) is 37.0 Å². The van der Waals surface area contributed by atoms with Gasteiger partial charge in [0.25, 0.3) is 11.6 Å². The Bertz CT molecular complexity index is 1110. The Hall–Kier alpha value is -2.39. The number of nitro groups is 1. The van der Waals surface area contributed by atoms with Gasteiger partial charge in [-0.3, -0.25) is 14.9 Å². The lowest BCUT2D eigenvalue weighted by Crippen LogP contribution is -2.40. The van der Waals surface area contributed by atoms with E-state index in [-0.39, 0.29) is 34.3 Å². The number of hydrogen-bond donors (Lipinski definition) is 0.